The van der Waals surface area contributed by atoms with Crippen LogP contribution in [-0.2, 0) is 4.74 Å². The fourth-order valence-corrected chi connectivity index (χ4v) is 1.21. The largest absolute Gasteiger partial charge is 0.396 e. The SMILES string of the molecule is CC(C)(C)OCC(O)CNCCCCCO. The van der Waals surface area contributed by atoms with Crippen molar-refractivity contribution in [3.05, 3.63) is 0 Å². The molecule has 0 aliphatic heterocycles. The fourth-order valence-electron chi connectivity index (χ4n) is 1.21. The standard InChI is InChI=1S/C12H27NO3/c1-12(2,3)16-10-11(15)9-13-7-5-4-6-8-14/h11,13-15H,4-10H2,1-3H3. The van der Waals surface area contributed by atoms with Crippen LogP contribution in [0, 0.1) is 0 Å². The van der Waals surface area contributed by atoms with Gasteiger partial charge >= 0.3 is 0 Å². The van der Waals surface area contributed by atoms with Gasteiger partial charge in [-0.2, -0.15) is 0 Å². The van der Waals surface area contributed by atoms with Crippen LogP contribution in [0.2, 0.25) is 0 Å². The third-order valence-electron chi connectivity index (χ3n) is 2.10. The van der Waals surface area contributed by atoms with Gasteiger partial charge in [0, 0.05) is 13.2 Å². The maximum absolute atomic E-state index is 9.59. The Morgan fingerprint density at radius 2 is 1.88 bits per heavy atom. The molecule has 0 aromatic carbocycles. The van der Waals surface area contributed by atoms with E-state index in [1.54, 1.807) is 0 Å². The van der Waals surface area contributed by atoms with E-state index in [1.165, 1.54) is 0 Å². The zero-order valence-electron chi connectivity index (χ0n) is 10.8. The molecule has 3 N–H and O–H groups in total. The first kappa shape index (κ1) is 15.8. The van der Waals surface area contributed by atoms with Gasteiger partial charge in [-0.05, 0) is 46.6 Å². The van der Waals surface area contributed by atoms with E-state index in [9.17, 15) is 5.11 Å². The Morgan fingerprint density at radius 1 is 1.19 bits per heavy atom. The van der Waals surface area contributed by atoms with Crippen LogP contribution in [0.4, 0.5) is 0 Å². The zero-order chi connectivity index (χ0) is 12.4. The molecule has 0 radical (unpaired) electrons. The highest BCUT2D eigenvalue weighted by Crippen LogP contribution is 2.06. The molecule has 1 atom stereocenters. The van der Waals surface area contributed by atoms with Crippen LogP contribution in [0.15, 0.2) is 0 Å². The van der Waals surface area contributed by atoms with Crippen molar-refractivity contribution in [1.82, 2.24) is 5.32 Å². The topological polar surface area (TPSA) is 61.7 Å². The Balaban J connectivity index is 3.27. The van der Waals surface area contributed by atoms with Crippen molar-refractivity contribution in [1.29, 1.82) is 0 Å². The molecular formula is C12H27NO3. The molecule has 0 saturated heterocycles. The number of hydrogen-bond acceptors (Lipinski definition) is 4. The van der Waals surface area contributed by atoms with Crippen molar-refractivity contribution < 1.29 is 14.9 Å². The van der Waals surface area contributed by atoms with E-state index in [-0.39, 0.29) is 12.2 Å². The summed E-state index contributed by atoms with van der Waals surface area (Å²) in [5.41, 5.74) is -0.192. The Bertz CT molecular complexity index is 157. The summed E-state index contributed by atoms with van der Waals surface area (Å²) in [6.45, 7) is 8.00. The number of nitrogens with one attached hydrogen (secondary N) is 1. The minimum atomic E-state index is -0.447. The lowest BCUT2D eigenvalue weighted by atomic mass is 10.2. The van der Waals surface area contributed by atoms with Crippen molar-refractivity contribution in [2.75, 3.05) is 26.3 Å². The first-order valence-corrected chi connectivity index (χ1v) is 6.09. The number of rotatable bonds is 9. The Kier molecular flexibility index (Phi) is 8.84. The van der Waals surface area contributed by atoms with Crippen molar-refractivity contribution in [2.45, 2.75) is 51.7 Å². The third-order valence-corrected chi connectivity index (χ3v) is 2.10. The number of unbranched alkanes of at least 4 members (excludes halogenated alkanes) is 2. The van der Waals surface area contributed by atoms with Gasteiger partial charge in [0.2, 0.25) is 0 Å². The predicted molar refractivity (Wildman–Crippen MR) is 65.5 cm³/mol. The maximum Gasteiger partial charge on any atom is 0.0897 e. The number of hydrogen-bond donors (Lipinski definition) is 3. The molecule has 4 heteroatoms. The quantitative estimate of drug-likeness (QED) is 0.518. The number of aliphatic hydroxyl groups excluding tert-OH is 2. The molecule has 0 aromatic heterocycles. The predicted octanol–water partition coefficient (Wildman–Crippen LogP) is 0.915. The maximum atomic E-state index is 9.59. The number of aliphatic hydroxyl groups is 2. The molecule has 98 valence electrons. The summed E-state index contributed by atoms with van der Waals surface area (Å²) in [6.07, 6.45) is 2.47. The second-order valence-corrected chi connectivity index (χ2v) is 5.07. The van der Waals surface area contributed by atoms with Crippen LogP contribution in [0.5, 0.6) is 0 Å². The van der Waals surface area contributed by atoms with Crippen molar-refractivity contribution in [3.63, 3.8) is 0 Å². The van der Waals surface area contributed by atoms with Crippen LogP contribution < -0.4 is 5.32 Å². The van der Waals surface area contributed by atoms with Gasteiger partial charge in [0.1, 0.15) is 0 Å². The van der Waals surface area contributed by atoms with Gasteiger partial charge in [-0.15, -0.1) is 0 Å². The van der Waals surface area contributed by atoms with E-state index >= 15 is 0 Å². The minimum absolute atomic E-state index is 0.192. The highest BCUT2D eigenvalue weighted by Gasteiger charge is 2.12. The second kappa shape index (κ2) is 8.93. The fraction of sp³-hybridized carbons (Fsp3) is 1.00. The van der Waals surface area contributed by atoms with Gasteiger partial charge in [-0.25, -0.2) is 0 Å². The number of ether oxygens (including phenoxy) is 1. The van der Waals surface area contributed by atoms with E-state index in [0.717, 1.165) is 25.8 Å². The summed E-state index contributed by atoms with van der Waals surface area (Å²) in [5.74, 6) is 0. The molecule has 0 bridgehead atoms. The second-order valence-electron chi connectivity index (χ2n) is 5.07. The van der Waals surface area contributed by atoms with E-state index in [0.29, 0.717) is 13.2 Å². The van der Waals surface area contributed by atoms with Crippen molar-refractivity contribution in [3.8, 4) is 0 Å². The molecule has 0 heterocycles. The third kappa shape index (κ3) is 11.9. The molecule has 0 fully saturated rings. The smallest absolute Gasteiger partial charge is 0.0897 e. The summed E-state index contributed by atoms with van der Waals surface area (Å²) in [7, 11) is 0. The van der Waals surface area contributed by atoms with E-state index < -0.39 is 6.10 Å². The van der Waals surface area contributed by atoms with E-state index in [2.05, 4.69) is 5.32 Å². The van der Waals surface area contributed by atoms with Gasteiger partial charge < -0.3 is 20.3 Å². The van der Waals surface area contributed by atoms with Gasteiger partial charge in [0.15, 0.2) is 0 Å². The molecule has 0 spiro atoms. The Hall–Kier alpha value is -0.160. The molecule has 1 unspecified atom stereocenters. The molecule has 0 amide bonds. The lowest BCUT2D eigenvalue weighted by Crippen LogP contribution is -2.34. The Morgan fingerprint density at radius 3 is 2.44 bits per heavy atom. The van der Waals surface area contributed by atoms with Gasteiger partial charge in [0.05, 0.1) is 18.3 Å². The van der Waals surface area contributed by atoms with E-state index in [1.807, 2.05) is 20.8 Å². The average Bonchev–Trinajstić information content (AvgIpc) is 2.19. The molecular weight excluding hydrogens is 206 g/mol. The molecule has 0 aliphatic rings. The summed E-state index contributed by atoms with van der Waals surface area (Å²) in [4.78, 5) is 0. The van der Waals surface area contributed by atoms with Gasteiger partial charge in [-0.3, -0.25) is 0 Å². The summed E-state index contributed by atoms with van der Waals surface area (Å²) in [6, 6.07) is 0. The summed E-state index contributed by atoms with van der Waals surface area (Å²) < 4.78 is 5.46. The van der Waals surface area contributed by atoms with Crippen LogP contribution in [0.1, 0.15) is 40.0 Å². The lowest BCUT2D eigenvalue weighted by molar-refractivity contribution is -0.0478. The van der Waals surface area contributed by atoms with Crippen LogP contribution in [-0.4, -0.2) is 48.2 Å². The molecule has 0 rings (SSSR count). The van der Waals surface area contributed by atoms with Crippen molar-refractivity contribution >= 4 is 0 Å². The first-order chi connectivity index (χ1) is 7.45. The molecule has 4 nitrogen and oxygen atoms in total. The summed E-state index contributed by atoms with van der Waals surface area (Å²) >= 11 is 0. The van der Waals surface area contributed by atoms with Gasteiger partial charge in [-0.1, -0.05) is 0 Å². The van der Waals surface area contributed by atoms with Gasteiger partial charge in [0.25, 0.3) is 0 Å². The molecule has 0 aromatic rings. The van der Waals surface area contributed by atoms with Crippen LogP contribution >= 0.6 is 0 Å². The highest BCUT2D eigenvalue weighted by atomic mass is 16.5. The van der Waals surface area contributed by atoms with Crippen LogP contribution in [0.25, 0.3) is 0 Å². The minimum Gasteiger partial charge on any atom is -0.396 e. The molecule has 0 aliphatic carbocycles. The highest BCUT2D eigenvalue weighted by molar-refractivity contribution is 4.64. The average molecular weight is 233 g/mol. The molecule has 16 heavy (non-hydrogen) atoms. The first-order valence-electron chi connectivity index (χ1n) is 6.09. The Labute approximate surface area is 99.0 Å². The zero-order valence-corrected chi connectivity index (χ0v) is 10.8. The summed E-state index contributed by atoms with van der Waals surface area (Å²) in [5, 5.41) is 21.3. The van der Waals surface area contributed by atoms with Crippen LogP contribution in [0.3, 0.4) is 0 Å². The lowest BCUT2D eigenvalue weighted by Gasteiger charge is -2.22. The normalized spacial score (nSPS) is 14.1. The molecule has 0 saturated carbocycles. The van der Waals surface area contributed by atoms with Crippen molar-refractivity contribution in [2.24, 2.45) is 0 Å². The van der Waals surface area contributed by atoms with E-state index in [4.69, 9.17) is 9.84 Å². The monoisotopic (exact) mass is 233 g/mol.